The van der Waals surface area contributed by atoms with Crippen LogP contribution in [0.5, 0.6) is 11.5 Å². The van der Waals surface area contributed by atoms with E-state index in [1.165, 1.54) is 30.4 Å². The van der Waals surface area contributed by atoms with Gasteiger partial charge in [-0.05, 0) is 24.5 Å². The summed E-state index contributed by atoms with van der Waals surface area (Å²) in [5, 5.41) is 0. The maximum absolute atomic E-state index is 12.8. The fourth-order valence-corrected chi connectivity index (χ4v) is 2.19. The van der Waals surface area contributed by atoms with Crippen molar-refractivity contribution in [3.63, 3.8) is 0 Å². The van der Waals surface area contributed by atoms with E-state index in [-0.39, 0.29) is 17.3 Å². The van der Waals surface area contributed by atoms with Crippen LogP contribution < -0.4 is 9.47 Å². The molecule has 6 nitrogen and oxygen atoms in total. The molecule has 2 unspecified atom stereocenters. The SMILES string of the molecule is COC(=O)C(CC(C)C)C(=O)c1c(OC)cccc1OC.O=[PH2+]. The van der Waals surface area contributed by atoms with Gasteiger partial charge in [-0.3, -0.25) is 9.59 Å². The maximum Gasteiger partial charge on any atom is 0.316 e. The first-order chi connectivity index (χ1) is 11.0. The predicted octanol–water partition coefficient (Wildman–Crippen LogP) is 2.93. The van der Waals surface area contributed by atoms with E-state index < -0.39 is 11.9 Å². The summed E-state index contributed by atoms with van der Waals surface area (Å²) < 4.78 is 23.4. The van der Waals surface area contributed by atoms with E-state index >= 15 is 0 Å². The number of hydrogen-bond acceptors (Lipinski definition) is 6. The number of Topliss-reactive ketones (excluding diaryl/α,β-unsaturated/α-hetero) is 1. The molecule has 0 aliphatic heterocycles. The lowest BCUT2D eigenvalue weighted by molar-refractivity contribution is -0.144. The highest BCUT2D eigenvalue weighted by molar-refractivity contribution is 7.00. The molecule has 0 bridgehead atoms. The van der Waals surface area contributed by atoms with Gasteiger partial charge < -0.3 is 14.2 Å². The first kappa shape index (κ1) is 21.1. The van der Waals surface area contributed by atoms with Crippen molar-refractivity contribution in [3.05, 3.63) is 23.8 Å². The molecule has 0 spiro atoms. The minimum absolute atomic E-state index is 0.179. The Morgan fingerprint density at radius 3 is 1.87 bits per heavy atom. The third-order valence-corrected chi connectivity index (χ3v) is 3.18. The van der Waals surface area contributed by atoms with E-state index in [2.05, 4.69) is 0 Å². The summed E-state index contributed by atoms with van der Waals surface area (Å²) in [5.74, 6) is -0.792. The van der Waals surface area contributed by atoms with E-state index in [0.29, 0.717) is 17.9 Å². The van der Waals surface area contributed by atoms with Gasteiger partial charge in [-0.2, -0.15) is 0 Å². The largest absolute Gasteiger partial charge is 0.496 e. The highest BCUT2D eigenvalue weighted by atomic mass is 31.0. The second-order valence-electron chi connectivity index (χ2n) is 5.11. The normalized spacial score (nSPS) is 11.0. The Hall–Kier alpha value is -1.94. The van der Waals surface area contributed by atoms with Crippen LogP contribution >= 0.6 is 9.12 Å². The van der Waals surface area contributed by atoms with Crippen molar-refractivity contribution in [2.24, 2.45) is 11.8 Å². The fraction of sp³-hybridized carbons (Fsp3) is 0.500. The first-order valence-corrected chi connectivity index (χ1v) is 7.50. The number of carbonyl (C=O) groups excluding carboxylic acids is 2. The van der Waals surface area contributed by atoms with E-state index in [1.54, 1.807) is 18.2 Å². The third kappa shape index (κ3) is 5.64. The van der Waals surface area contributed by atoms with Gasteiger partial charge in [0.25, 0.3) is 0 Å². The molecule has 0 aliphatic rings. The van der Waals surface area contributed by atoms with Crippen LogP contribution in [0.2, 0.25) is 0 Å². The van der Waals surface area contributed by atoms with Crippen molar-refractivity contribution in [1.82, 2.24) is 0 Å². The second-order valence-corrected chi connectivity index (χ2v) is 5.11. The van der Waals surface area contributed by atoms with Gasteiger partial charge in [-0.1, -0.05) is 24.5 Å². The summed E-state index contributed by atoms with van der Waals surface area (Å²) in [4.78, 5) is 24.7. The molecule has 0 amide bonds. The van der Waals surface area contributed by atoms with Gasteiger partial charge in [-0.25, -0.2) is 0 Å². The van der Waals surface area contributed by atoms with Gasteiger partial charge in [-0.15, -0.1) is 0 Å². The summed E-state index contributed by atoms with van der Waals surface area (Å²) in [6.07, 6.45) is 0.409. The van der Waals surface area contributed by atoms with E-state index in [9.17, 15) is 9.59 Å². The summed E-state index contributed by atoms with van der Waals surface area (Å²) in [6.45, 7) is 3.89. The Kier molecular flexibility index (Phi) is 9.83. The summed E-state index contributed by atoms with van der Waals surface area (Å²) in [7, 11) is 5.39. The molecule has 2 atom stereocenters. The van der Waals surface area contributed by atoms with Crippen molar-refractivity contribution in [2.45, 2.75) is 20.3 Å². The first-order valence-electron chi connectivity index (χ1n) is 7.02. The second kappa shape index (κ2) is 10.7. The molecule has 1 aromatic carbocycles. The number of carbonyl (C=O) groups is 2. The van der Waals surface area contributed by atoms with Crippen molar-refractivity contribution >= 4 is 20.9 Å². The monoisotopic (exact) mass is 343 g/mol. The molecule has 0 radical (unpaired) electrons. The molecule has 0 saturated carbocycles. The molecule has 0 aliphatic carbocycles. The van der Waals surface area contributed by atoms with Crippen LogP contribution in [0.3, 0.4) is 0 Å². The molecule has 0 fully saturated rings. The van der Waals surface area contributed by atoms with E-state index in [1.807, 2.05) is 13.8 Å². The number of ketones is 1. The molecule has 1 aromatic rings. The van der Waals surface area contributed by atoms with Crippen molar-refractivity contribution in [1.29, 1.82) is 0 Å². The standard InChI is InChI=1S/C16H22O5.H2OP/c1-10(2)9-11(16(18)21-5)15(17)14-12(19-3)7-6-8-13(14)20-4;1-2/h6-8,10-11H,9H2,1-5H3;2H2/q;+1. The topological polar surface area (TPSA) is 78.9 Å². The van der Waals surface area contributed by atoms with Crippen LogP contribution in [0.25, 0.3) is 0 Å². The van der Waals surface area contributed by atoms with Crippen LogP contribution in [0.4, 0.5) is 0 Å². The minimum Gasteiger partial charge on any atom is -0.496 e. The molecule has 0 heterocycles. The molecule has 0 N–H and O–H groups in total. The lowest BCUT2D eigenvalue weighted by Gasteiger charge is -2.18. The average Bonchev–Trinajstić information content (AvgIpc) is 2.59. The van der Waals surface area contributed by atoms with Crippen LogP contribution in [-0.2, 0) is 14.1 Å². The molecule has 0 aromatic heterocycles. The highest BCUT2D eigenvalue weighted by Crippen LogP contribution is 2.32. The van der Waals surface area contributed by atoms with Gasteiger partial charge in [0.15, 0.2) is 5.78 Å². The maximum atomic E-state index is 12.8. The Morgan fingerprint density at radius 2 is 1.52 bits per heavy atom. The lowest BCUT2D eigenvalue weighted by Crippen LogP contribution is -2.27. The van der Waals surface area contributed by atoms with Crippen LogP contribution in [0.1, 0.15) is 30.6 Å². The van der Waals surface area contributed by atoms with Crippen LogP contribution in [0.15, 0.2) is 18.2 Å². The average molecular weight is 343 g/mol. The number of hydrogen-bond donors (Lipinski definition) is 0. The number of esters is 1. The van der Waals surface area contributed by atoms with Gasteiger partial charge in [0, 0.05) is 0 Å². The van der Waals surface area contributed by atoms with Crippen molar-refractivity contribution < 1.29 is 28.4 Å². The smallest absolute Gasteiger partial charge is 0.316 e. The summed E-state index contributed by atoms with van der Waals surface area (Å²) >= 11 is 0. The molecule has 23 heavy (non-hydrogen) atoms. The molecular weight excluding hydrogens is 319 g/mol. The van der Waals surface area contributed by atoms with Crippen LogP contribution in [0, 0.1) is 11.8 Å². The van der Waals surface area contributed by atoms with Gasteiger partial charge >= 0.3 is 15.1 Å². The van der Waals surface area contributed by atoms with E-state index in [0.717, 1.165) is 0 Å². The Morgan fingerprint density at radius 1 is 1.04 bits per heavy atom. The molecule has 128 valence electrons. The fourth-order valence-electron chi connectivity index (χ4n) is 2.19. The lowest BCUT2D eigenvalue weighted by atomic mass is 9.89. The molecule has 0 saturated heterocycles. The molecular formula is C16H24O6P+. The Bertz CT molecular complexity index is 507. The van der Waals surface area contributed by atoms with Crippen molar-refractivity contribution in [2.75, 3.05) is 21.3 Å². The van der Waals surface area contributed by atoms with Gasteiger partial charge in [0.05, 0.1) is 21.3 Å². The quantitative estimate of drug-likeness (QED) is 0.328. The number of rotatable bonds is 7. The van der Waals surface area contributed by atoms with Crippen LogP contribution in [-0.4, -0.2) is 33.1 Å². The van der Waals surface area contributed by atoms with Gasteiger partial charge in [0.1, 0.15) is 23.0 Å². The summed E-state index contributed by atoms with van der Waals surface area (Å²) in [5.41, 5.74) is 0.276. The predicted molar refractivity (Wildman–Crippen MR) is 89.2 cm³/mol. The zero-order valence-electron chi connectivity index (χ0n) is 14.1. The van der Waals surface area contributed by atoms with E-state index in [4.69, 9.17) is 18.8 Å². The molecule has 1 rings (SSSR count). The van der Waals surface area contributed by atoms with Gasteiger partial charge in [0.2, 0.25) is 0 Å². The number of ether oxygens (including phenoxy) is 3. The van der Waals surface area contributed by atoms with Crippen molar-refractivity contribution in [3.8, 4) is 11.5 Å². The number of benzene rings is 1. The molecule has 7 heteroatoms. The Labute approximate surface area is 138 Å². The number of methoxy groups -OCH3 is 3. The minimum atomic E-state index is -0.861. The third-order valence-electron chi connectivity index (χ3n) is 3.18. The zero-order chi connectivity index (χ0) is 18.0. The Balaban J connectivity index is 0.00000232. The zero-order valence-corrected chi connectivity index (χ0v) is 15.3. The summed E-state index contributed by atoms with van der Waals surface area (Å²) in [6, 6.07) is 5.06. The highest BCUT2D eigenvalue weighted by Gasteiger charge is 2.33.